The van der Waals surface area contributed by atoms with E-state index in [1.165, 1.54) is 0 Å². The third-order valence-corrected chi connectivity index (χ3v) is 3.30. The first kappa shape index (κ1) is 13.2. The molecule has 0 heterocycles. The molecule has 0 aliphatic rings. The smallest absolute Gasteiger partial charge is 0.212 e. The largest absolute Gasteiger partial charge is 0.396 e. The first-order valence-electron chi connectivity index (χ1n) is 4.26. The van der Waals surface area contributed by atoms with E-state index in [0.717, 1.165) is 19.3 Å². The van der Waals surface area contributed by atoms with Crippen LogP contribution in [0.2, 0.25) is 0 Å². The molecule has 0 fully saturated rings. The van der Waals surface area contributed by atoms with Gasteiger partial charge in [0.1, 0.15) is 0 Å². The van der Waals surface area contributed by atoms with Crippen LogP contribution >= 0.6 is 11.6 Å². The van der Waals surface area contributed by atoms with Gasteiger partial charge in [-0.15, -0.1) is 11.6 Å². The molecule has 0 atom stereocenters. The van der Waals surface area contributed by atoms with Crippen molar-refractivity contribution in [3.63, 3.8) is 0 Å². The summed E-state index contributed by atoms with van der Waals surface area (Å²) >= 11 is 5.30. The fourth-order valence-electron chi connectivity index (χ4n) is 0.815. The first-order chi connectivity index (χ1) is 6.12. The number of rotatable bonds is 8. The SMILES string of the molecule is O=S(=O)(CCCl)NCCCCCO. The van der Waals surface area contributed by atoms with E-state index in [-0.39, 0.29) is 18.2 Å². The number of alkyl halides is 1. The second-order valence-electron chi connectivity index (χ2n) is 2.69. The van der Waals surface area contributed by atoms with Crippen LogP contribution in [-0.2, 0) is 10.0 Å². The Balaban J connectivity index is 3.41. The molecule has 0 spiro atoms. The predicted molar refractivity (Wildman–Crippen MR) is 53.4 cm³/mol. The van der Waals surface area contributed by atoms with Gasteiger partial charge in [0, 0.05) is 19.0 Å². The van der Waals surface area contributed by atoms with E-state index in [2.05, 4.69) is 4.72 Å². The normalized spacial score (nSPS) is 11.8. The average Bonchev–Trinajstić information content (AvgIpc) is 2.04. The predicted octanol–water partition coefficient (Wildman–Crippen LogP) is 0.307. The average molecular weight is 230 g/mol. The van der Waals surface area contributed by atoms with Gasteiger partial charge in [-0.25, -0.2) is 13.1 Å². The molecule has 0 radical (unpaired) electrons. The van der Waals surface area contributed by atoms with Crippen LogP contribution in [0.1, 0.15) is 19.3 Å². The molecule has 0 rings (SSSR count). The Hall–Kier alpha value is 0.160. The Bertz CT molecular complexity index is 206. The molecule has 0 bridgehead atoms. The van der Waals surface area contributed by atoms with Crippen molar-refractivity contribution in [1.82, 2.24) is 4.72 Å². The molecule has 0 aliphatic carbocycles. The fourth-order valence-corrected chi connectivity index (χ4v) is 2.23. The summed E-state index contributed by atoms with van der Waals surface area (Å²) in [7, 11) is -3.16. The minimum atomic E-state index is -3.16. The number of nitrogens with one attached hydrogen (secondary N) is 1. The Kier molecular flexibility index (Phi) is 7.65. The Morgan fingerprint density at radius 3 is 2.46 bits per heavy atom. The third-order valence-electron chi connectivity index (χ3n) is 1.50. The highest BCUT2D eigenvalue weighted by Gasteiger charge is 2.06. The summed E-state index contributed by atoms with van der Waals surface area (Å²) in [5.74, 6) is 0.0839. The van der Waals surface area contributed by atoms with Crippen molar-refractivity contribution in [2.75, 3.05) is 24.8 Å². The summed E-state index contributed by atoms with van der Waals surface area (Å²) in [5.41, 5.74) is 0. The zero-order valence-corrected chi connectivity index (χ0v) is 9.07. The number of halogens is 1. The third kappa shape index (κ3) is 8.49. The zero-order chi connectivity index (χ0) is 10.2. The van der Waals surface area contributed by atoms with E-state index in [0.29, 0.717) is 6.54 Å². The van der Waals surface area contributed by atoms with E-state index in [9.17, 15) is 8.42 Å². The van der Waals surface area contributed by atoms with Gasteiger partial charge in [0.2, 0.25) is 10.0 Å². The van der Waals surface area contributed by atoms with Gasteiger partial charge in [-0.05, 0) is 19.3 Å². The zero-order valence-electron chi connectivity index (χ0n) is 7.50. The van der Waals surface area contributed by atoms with Gasteiger partial charge in [-0.2, -0.15) is 0 Å². The Morgan fingerprint density at radius 2 is 1.92 bits per heavy atom. The molecule has 0 aliphatic heterocycles. The number of hydrogen-bond acceptors (Lipinski definition) is 3. The lowest BCUT2D eigenvalue weighted by Gasteiger charge is -2.03. The van der Waals surface area contributed by atoms with E-state index in [1.807, 2.05) is 0 Å². The second kappa shape index (κ2) is 7.55. The summed E-state index contributed by atoms with van der Waals surface area (Å²) in [6, 6.07) is 0. The van der Waals surface area contributed by atoms with Crippen molar-refractivity contribution >= 4 is 21.6 Å². The first-order valence-corrected chi connectivity index (χ1v) is 6.45. The molecule has 0 saturated heterocycles. The lowest BCUT2D eigenvalue weighted by Crippen LogP contribution is -2.27. The van der Waals surface area contributed by atoms with E-state index in [4.69, 9.17) is 16.7 Å². The molecule has 0 aromatic rings. The Labute approximate surface area is 84.3 Å². The minimum Gasteiger partial charge on any atom is -0.396 e. The van der Waals surface area contributed by atoms with Crippen LogP contribution in [0.5, 0.6) is 0 Å². The van der Waals surface area contributed by atoms with Crippen molar-refractivity contribution in [3.8, 4) is 0 Å². The number of sulfonamides is 1. The molecule has 13 heavy (non-hydrogen) atoms. The van der Waals surface area contributed by atoms with E-state index in [1.54, 1.807) is 0 Å². The number of aliphatic hydroxyl groups excluding tert-OH is 1. The molecule has 4 nitrogen and oxygen atoms in total. The van der Waals surface area contributed by atoms with E-state index >= 15 is 0 Å². The van der Waals surface area contributed by atoms with Crippen LogP contribution in [0.25, 0.3) is 0 Å². The highest BCUT2D eigenvalue weighted by Crippen LogP contribution is 1.94. The minimum absolute atomic E-state index is 0.0332. The van der Waals surface area contributed by atoms with Crippen LogP contribution in [0, 0.1) is 0 Å². The van der Waals surface area contributed by atoms with Gasteiger partial charge in [-0.1, -0.05) is 0 Å². The summed E-state index contributed by atoms with van der Waals surface area (Å²) in [6.45, 7) is 0.591. The fraction of sp³-hybridized carbons (Fsp3) is 1.00. The monoisotopic (exact) mass is 229 g/mol. The number of aliphatic hydroxyl groups is 1. The van der Waals surface area contributed by atoms with Gasteiger partial charge in [0.15, 0.2) is 0 Å². The van der Waals surface area contributed by atoms with Crippen molar-refractivity contribution in [2.24, 2.45) is 0 Å². The highest BCUT2D eigenvalue weighted by molar-refractivity contribution is 7.89. The van der Waals surface area contributed by atoms with Crippen LogP contribution in [0.3, 0.4) is 0 Å². The van der Waals surface area contributed by atoms with Gasteiger partial charge in [0.25, 0.3) is 0 Å². The van der Waals surface area contributed by atoms with Gasteiger partial charge in [0.05, 0.1) is 5.75 Å². The van der Waals surface area contributed by atoms with Crippen LogP contribution < -0.4 is 4.72 Å². The molecule has 0 saturated carbocycles. The maximum Gasteiger partial charge on any atom is 0.212 e. The molecule has 0 amide bonds. The highest BCUT2D eigenvalue weighted by atomic mass is 35.5. The van der Waals surface area contributed by atoms with Gasteiger partial charge < -0.3 is 5.11 Å². The summed E-state index contributed by atoms with van der Waals surface area (Å²) in [5, 5.41) is 8.45. The lowest BCUT2D eigenvalue weighted by molar-refractivity contribution is 0.283. The van der Waals surface area contributed by atoms with Crippen molar-refractivity contribution in [1.29, 1.82) is 0 Å². The lowest BCUT2D eigenvalue weighted by atomic mass is 10.2. The van der Waals surface area contributed by atoms with Crippen LogP contribution in [0.4, 0.5) is 0 Å². The van der Waals surface area contributed by atoms with Crippen molar-refractivity contribution < 1.29 is 13.5 Å². The standard InChI is InChI=1S/C7H16ClNO3S/c8-4-7-13(11,12)9-5-2-1-3-6-10/h9-10H,1-7H2. The van der Waals surface area contributed by atoms with E-state index < -0.39 is 10.0 Å². The molecule has 0 aromatic heterocycles. The Morgan fingerprint density at radius 1 is 1.23 bits per heavy atom. The second-order valence-corrected chi connectivity index (χ2v) is 4.99. The summed E-state index contributed by atoms with van der Waals surface area (Å²) in [4.78, 5) is 0. The molecular weight excluding hydrogens is 214 g/mol. The molecule has 2 N–H and O–H groups in total. The quantitative estimate of drug-likeness (QED) is 0.465. The molecule has 6 heteroatoms. The van der Waals surface area contributed by atoms with Gasteiger partial charge >= 0.3 is 0 Å². The van der Waals surface area contributed by atoms with Crippen molar-refractivity contribution in [2.45, 2.75) is 19.3 Å². The summed E-state index contributed by atoms with van der Waals surface area (Å²) in [6.07, 6.45) is 2.30. The van der Waals surface area contributed by atoms with Crippen molar-refractivity contribution in [3.05, 3.63) is 0 Å². The van der Waals surface area contributed by atoms with Gasteiger partial charge in [-0.3, -0.25) is 0 Å². The summed E-state index contributed by atoms with van der Waals surface area (Å²) < 4.78 is 24.5. The molecule has 0 unspecified atom stereocenters. The maximum absolute atomic E-state index is 11.0. The molecular formula is C7H16ClNO3S. The number of hydrogen-bond donors (Lipinski definition) is 2. The molecule has 0 aromatic carbocycles. The van der Waals surface area contributed by atoms with Crippen LogP contribution in [-0.4, -0.2) is 38.3 Å². The number of unbranched alkanes of at least 4 members (excludes halogenated alkanes) is 2. The maximum atomic E-state index is 11.0. The van der Waals surface area contributed by atoms with Crippen LogP contribution in [0.15, 0.2) is 0 Å². The topological polar surface area (TPSA) is 66.4 Å². The molecule has 80 valence electrons.